The van der Waals surface area contributed by atoms with Crippen LogP contribution in [-0.2, 0) is 0 Å². The maximum Gasteiger partial charge on any atom is 0.256 e. The molecule has 0 bridgehead atoms. The second-order valence-electron chi connectivity index (χ2n) is 5.65. The predicted octanol–water partition coefficient (Wildman–Crippen LogP) is 4.57. The van der Waals surface area contributed by atoms with E-state index in [9.17, 15) is 9.59 Å². The fraction of sp³-hybridized carbons (Fsp3) is 0.0909. The lowest BCUT2D eigenvalue weighted by atomic mass is 9.98. The molecule has 0 unspecified atom stereocenters. The van der Waals surface area contributed by atoms with Crippen molar-refractivity contribution in [3.05, 3.63) is 95.6 Å². The van der Waals surface area contributed by atoms with E-state index in [4.69, 9.17) is 4.74 Å². The Labute approximate surface area is 152 Å². The van der Waals surface area contributed by atoms with Crippen LogP contribution in [0.2, 0.25) is 0 Å². The number of rotatable bonds is 6. The SMILES string of the molecule is CCOc1ccc(NC(=O)c2ccccc2C(=O)c2ccccc2)cc1. The first-order valence-electron chi connectivity index (χ1n) is 8.42. The number of anilines is 1. The summed E-state index contributed by atoms with van der Waals surface area (Å²) >= 11 is 0. The van der Waals surface area contributed by atoms with Gasteiger partial charge in [-0.05, 0) is 37.3 Å². The predicted molar refractivity (Wildman–Crippen MR) is 102 cm³/mol. The monoisotopic (exact) mass is 345 g/mol. The van der Waals surface area contributed by atoms with E-state index in [2.05, 4.69) is 5.32 Å². The van der Waals surface area contributed by atoms with Crippen molar-refractivity contribution in [1.82, 2.24) is 0 Å². The summed E-state index contributed by atoms with van der Waals surface area (Å²) in [7, 11) is 0. The van der Waals surface area contributed by atoms with Gasteiger partial charge in [-0.15, -0.1) is 0 Å². The van der Waals surface area contributed by atoms with Crippen LogP contribution in [-0.4, -0.2) is 18.3 Å². The zero-order valence-electron chi connectivity index (χ0n) is 14.4. The Bertz CT molecular complexity index is 902. The van der Waals surface area contributed by atoms with Gasteiger partial charge in [-0.2, -0.15) is 0 Å². The molecule has 1 N–H and O–H groups in total. The average molecular weight is 345 g/mol. The third-order valence-electron chi connectivity index (χ3n) is 3.88. The molecule has 0 spiro atoms. The molecular weight excluding hydrogens is 326 g/mol. The van der Waals surface area contributed by atoms with E-state index in [1.165, 1.54) is 0 Å². The van der Waals surface area contributed by atoms with Gasteiger partial charge < -0.3 is 10.1 Å². The number of hydrogen-bond acceptors (Lipinski definition) is 3. The molecule has 130 valence electrons. The Kier molecular flexibility index (Phi) is 5.44. The van der Waals surface area contributed by atoms with E-state index >= 15 is 0 Å². The van der Waals surface area contributed by atoms with Crippen LogP contribution < -0.4 is 10.1 Å². The average Bonchev–Trinajstić information content (AvgIpc) is 2.70. The molecule has 0 aromatic heterocycles. The Morgan fingerprint density at radius 2 is 1.42 bits per heavy atom. The molecule has 0 radical (unpaired) electrons. The van der Waals surface area contributed by atoms with Crippen molar-refractivity contribution in [2.45, 2.75) is 6.92 Å². The summed E-state index contributed by atoms with van der Waals surface area (Å²) in [6.45, 7) is 2.50. The zero-order valence-corrected chi connectivity index (χ0v) is 14.4. The van der Waals surface area contributed by atoms with Gasteiger partial charge in [-0.3, -0.25) is 9.59 Å². The number of carbonyl (C=O) groups excluding carboxylic acids is 2. The molecule has 3 aromatic carbocycles. The second-order valence-corrected chi connectivity index (χ2v) is 5.65. The quantitative estimate of drug-likeness (QED) is 0.666. The topological polar surface area (TPSA) is 55.4 Å². The maximum atomic E-state index is 12.7. The Hall–Kier alpha value is -3.40. The molecule has 0 aliphatic heterocycles. The van der Waals surface area contributed by atoms with E-state index in [0.29, 0.717) is 29.0 Å². The number of ether oxygens (including phenoxy) is 1. The van der Waals surface area contributed by atoms with Crippen LogP contribution in [0.1, 0.15) is 33.2 Å². The summed E-state index contributed by atoms with van der Waals surface area (Å²) in [5.74, 6) is 0.238. The first-order chi connectivity index (χ1) is 12.7. The first kappa shape index (κ1) is 17.4. The molecule has 3 rings (SSSR count). The van der Waals surface area contributed by atoms with Crippen LogP contribution in [0.25, 0.3) is 0 Å². The molecule has 0 atom stereocenters. The van der Waals surface area contributed by atoms with Crippen molar-refractivity contribution in [2.75, 3.05) is 11.9 Å². The molecule has 0 saturated carbocycles. The van der Waals surface area contributed by atoms with Crippen LogP contribution in [0, 0.1) is 0 Å². The number of carbonyl (C=O) groups is 2. The third-order valence-corrected chi connectivity index (χ3v) is 3.88. The van der Waals surface area contributed by atoms with Gasteiger partial charge in [-0.1, -0.05) is 48.5 Å². The van der Waals surface area contributed by atoms with Crippen LogP contribution in [0.3, 0.4) is 0 Å². The molecule has 3 aromatic rings. The number of hydrogen-bond donors (Lipinski definition) is 1. The maximum absolute atomic E-state index is 12.7. The van der Waals surface area contributed by atoms with Crippen molar-refractivity contribution < 1.29 is 14.3 Å². The van der Waals surface area contributed by atoms with E-state index in [1.54, 1.807) is 72.8 Å². The van der Waals surface area contributed by atoms with Crippen molar-refractivity contribution >= 4 is 17.4 Å². The highest BCUT2D eigenvalue weighted by molar-refractivity contribution is 6.17. The molecule has 0 fully saturated rings. The molecule has 1 amide bonds. The van der Waals surface area contributed by atoms with Gasteiger partial charge in [0.05, 0.1) is 12.2 Å². The Morgan fingerprint density at radius 1 is 0.808 bits per heavy atom. The molecule has 0 saturated heterocycles. The summed E-state index contributed by atoms with van der Waals surface area (Å²) in [5, 5.41) is 2.83. The molecule has 26 heavy (non-hydrogen) atoms. The minimum atomic E-state index is -0.325. The second kappa shape index (κ2) is 8.12. The van der Waals surface area contributed by atoms with Crippen molar-refractivity contribution in [1.29, 1.82) is 0 Å². The lowest BCUT2D eigenvalue weighted by molar-refractivity contribution is 0.0996. The summed E-state index contributed by atoms with van der Waals surface area (Å²) in [6.07, 6.45) is 0. The van der Waals surface area contributed by atoms with Gasteiger partial charge in [0.15, 0.2) is 5.78 Å². The van der Waals surface area contributed by atoms with Crippen molar-refractivity contribution in [3.63, 3.8) is 0 Å². The van der Waals surface area contributed by atoms with Gasteiger partial charge in [0, 0.05) is 16.8 Å². The summed E-state index contributed by atoms with van der Waals surface area (Å²) in [4.78, 5) is 25.4. The zero-order chi connectivity index (χ0) is 18.4. The minimum Gasteiger partial charge on any atom is -0.494 e. The molecular formula is C22H19NO3. The van der Waals surface area contributed by atoms with E-state index in [-0.39, 0.29) is 11.7 Å². The van der Waals surface area contributed by atoms with Crippen LogP contribution in [0.15, 0.2) is 78.9 Å². The van der Waals surface area contributed by atoms with E-state index < -0.39 is 0 Å². The summed E-state index contributed by atoms with van der Waals surface area (Å²) in [6, 6.07) is 22.9. The van der Waals surface area contributed by atoms with Crippen LogP contribution in [0.4, 0.5) is 5.69 Å². The molecule has 0 heterocycles. The van der Waals surface area contributed by atoms with E-state index in [1.807, 2.05) is 13.0 Å². The summed E-state index contributed by atoms with van der Waals surface area (Å²) < 4.78 is 5.39. The van der Waals surface area contributed by atoms with Gasteiger partial charge in [0.1, 0.15) is 5.75 Å². The van der Waals surface area contributed by atoms with Gasteiger partial charge >= 0.3 is 0 Å². The smallest absolute Gasteiger partial charge is 0.256 e. The van der Waals surface area contributed by atoms with Crippen LogP contribution >= 0.6 is 0 Å². The Balaban J connectivity index is 1.83. The number of amides is 1. The van der Waals surface area contributed by atoms with Crippen molar-refractivity contribution in [2.24, 2.45) is 0 Å². The number of benzene rings is 3. The summed E-state index contributed by atoms with van der Waals surface area (Å²) in [5.41, 5.74) is 1.91. The highest BCUT2D eigenvalue weighted by Crippen LogP contribution is 2.19. The third kappa shape index (κ3) is 3.98. The largest absolute Gasteiger partial charge is 0.494 e. The minimum absolute atomic E-state index is 0.178. The lowest BCUT2D eigenvalue weighted by Crippen LogP contribution is -2.16. The Morgan fingerprint density at radius 3 is 2.08 bits per heavy atom. The van der Waals surface area contributed by atoms with E-state index in [0.717, 1.165) is 5.75 Å². The standard InChI is InChI=1S/C22H19NO3/c1-2-26-18-14-12-17(13-15-18)23-22(25)20-11-7-6-10-19(20)21(24)16-8-4-3-5-9-16/h3-15H,2H2,1H3,(H,23,25). The molecule has 0 aliphatic carbocycles. The first-order valence-corrected chi connectivity index (χ1v) is 8.42. The fourth-order valence-electron chi connectivity index (χ4n) is 2.62. The highest BCUT2D eigenvalue weighted by Gasteiger charge is 2.18. The van der Waals surface area contributed by atoms with Crippen molar-refractivity contribution in [3.8, 4) is 5.75 Å². The highest BCUT2D eigenvalue weighted by atomic mass is 16.5. The normalized spacial score (nSPS) is 10.2. The number of nitrogens with one attached hydrogen (secondary N) is 1. The van der Waals surface area contributed by atoms with Gasteiger partial charge in [0.2, 0.25) is 0 Å². The molecule has 4 nitrogen and oxygen atoms in total. The lowest BCUT2D eigenvalue weighted by Gasteiger charge is -2.10. The number of ketones is 1. The van der Waals surface area contributed by atoms with Gasteiger partial charge in [0.25, 0.3) is 5.91 Å². The van der Waals surface area contributed by atoms with Crippen LogP contribution in [0.5, 0.6) is 5.75 Å². The molecule has 0 aliphatic rings. The molecule has 4 heteroatoms. The van der Waals surface area contributed by atoms with Gasteiger partial charge in [-0.25, -0.2) is 0 Å². The fourth-order valence-corrected chi connectivity index (χ4v) is 2.62.